The third kappa shape index (κ3) is 5.80. The van der Waals surface area contributed by atoms with Crippen molar-refractivity contribution in [3.8, 4) is 0 Å². The maximum Gasteiger partial charge on any atom is 0.347 e. The quantitative estimate of drug-likeness (QED) is 0.594. The third-order valence-corrected chi connectivity index (χ3v) is 2.62. The van der Waals surface area contributed by atoms with Crippen LogP contribution in [-0.4, -0.2) is 21.5 Å². The van der Waals surface area contributed by atoms with Crippen molar-refractivity contribution in [1.29, 1.82) is 0 Å². The molecule has 78 valence electrons. The number of amides is 1. The first-order chi connectivity index (χ1) is 5.73. The van der Waals surface area contributed by atoms with Gasteiger partial charge in [-0.2, -0.15) is 0 Å². The minimum Gasteiger partial charge on any atom is -0.342 e. The topological polar surface area (TPSA) is 86.6 Å². The van der Waals surface area contributed by atoms with Crippen LogP contribution in [0.2, 0.25) is 0 Å². The molecule has 0 aliphatic carbocycles. The van der Waals surface area contributed by atoms with Crippen molar-refractivity contribution < 1.29 is 19.1 Å². The second-order valence-electron chi connectivity index (χ2n) is 3.43. The molecule has 0 heterocycles. The highest BCUT2D eigenvalue weighted by atomic mass is 31.2. The molecule has 0 bridgehead atoms. The molecule has 0 radical (unpaired) electrons. The van der Waals surface area contributed by atoms with Crippen LogP contribution >= 0.6 is 7.60 Å². The zero-order valence-electron chi connectivity index (χ0n) is 8.02. The van der Waals surface area contributed by atoms with Gasteiger partial charge < -0.3 is 15.1 Å². The molecule has 5 nitrogen and oxygen atoms in total. The highest BCUT2D eigenvalue weighted by Gasteiger charge is 2.29. The van der Waals surface area contributed by atoms with Gasteiger partial charge in [0.1, 0.15) is 5.78 Å². The molecular formula is C7H16NO4P. The first-order valence-electron chi connectivity index (χ1n) is 4.05. The molecule has 0 aliphatic rings. The minimum absolute atomic E-state index is 0.129. The predicted octanol–water partition coefficient (Wildman–Crippen LogP) is 0.672. The zero-order valence-corrected chi connectivity index (χ0v) is 8.91. The number of carbonyl (C=O) groups excluding carboxylic acids is 1. The Morgan fingerprint density at radius 1 is 1.46 bits per heavy atom. The summed E-state index contributed by atoms with van der Waals surface area (Å²) in [6.07, 6.45) is 0.282. The van der Waals surface area contributed by atoms with E-state index in [4.69, 9.17) is 9.79 Å². The fourth-order valence-corrected chi connectivity index (χ4v) is 2.01. The summed E-state index contributed by atoms with van der Waals surface area (Å²) in [5.74, 6) is -1.34. The van der Waals surface area contributed by atoms with Crippen molar-refractivity contribution in [2.24, 2.45) is 5.92 Å². The SMILES string of the molecule is CC(=O)N[C@@H](CC(C)C)P(=O)(O)O. The van der Waals surface area contributed by atoms with E-state index < -0.39 is 19.3 Å². The smallest absolute Gasteiger partial charge is 0.342 e. The van der Waals surface area contributed by atoms with Gasteiger partial charge in [-0.25, -0.2) is 0 Å². The summed E-state index contributed by atoms with van der Waals surface area (Å²) < 4.78 is 10.9. The lowest BCUT2D eigenvalue weighted by Gasteiger charge is -2.20. The number of nitrogens with one attached hydrogen (secondary N) is 1. The van der Waals surface area contributed by atoms with Gasteiger partial charge >= 0.3 is 7.60 Å². The molecule has 6 heteroatoms. The third-order valence-electron chi connectivity index (χ3n) is 1.47. The number of carbonyl (C=O) groups is 1. The van der Waals surface area contributed by atoms with Crippen LogP contribution in [0, 0.1) is 5.92 Å². The molecule has 1 atom stereocenters. The number of hydrogen-bond donors (Lipinski definition) is 3. The Labute approximate surface area is 77.7 Å². The Bertz CT molecular complexity index is 223. The van der Waals surface area contributed by atoms with E-state index in [1.165, 1.54) is 6.92 Å². The minimum atomic E-state index is -4.22. The zero-order chi connectivity index (χ0) is 10.6. The van der Waals surface area contributed by atoms with Crippen LogP contribution in [0.1, 0.15) is 27.2 Å². The number of rotatable bonds is 4. The van der Waals surface area contributed by atoms with E-state index in [0.29, 0.717) is 0 Å². The standard InChI is InChI=1S/C7H16NO4P/c1-5(2)4-7(8-6(3)9)13(10,11)12/h5,7H,4H2,1-3H3,(H,8,9)(H2,10,11,12)/t7-/m1/s1. The van der Waals surface area contributed by atoms with E-state index in [0.717, 1.165) is 0 Å². The molecule has 0 saturated heterocycles. The fraction of sp³-hybridized carbons (Fsp3) is 0.857. The lowest BCUT2D eigenvalue weighted by molar-refractivity contribution is -0.119. The predicted molar refractivity (Wildman–Crippen MR) is 49.1 cm³/mol. The van der Waals surface area contributed by atoms with Crippen molar-refractivity contribution in [2.75, 3.05) is 0 Å². The van der Waals surface area contributed by atoms with E-state index >= 15 is 0 Å². The average molecular weight is 209 g/mol. The summed E-state index contributed by atoms with van der Waals surface area (Å²) in [4.78, 5) is 28.4. The number of hydrogen-bond acceptors (Lipinski definition) is 2. The van der Waals surface area contributed by atoms with E-state index in [9.17, 15) is 9.36 Å². The Kier molecular flexibility index (Phi) is 4.61. The summed E-state index contributed by atoms with van der Waals surface area (Å²) in [7, 11) is -4.22. The Morgan fingerprint density at radius 3 is 2.15 bits per heavy atom. The van der Waals surface area contributed by atoms with Crippen LogP contribution in [-0.2, 0) is 9.36 Å². The van der Waals surface area contributed by atoms with Crippen LogP contribution in [0.3, 0.4) is 0 Å². The summed E-state index contributed by atoms with van der Waals surface area (Å²) >= 11 is 0. The van der Waals surface area contributed by atoms with E-state index in [2.05, 4.69) is 5.32 Å². The van der Waals surface area contributed by atoms with E-state index in [1.54, 1.807) is 0 Å². The van der Waals surface area contributed by atoms with E-state index in [-0.39, 0.29) is 12.3 Å². The Morgan fingerprint density at radius 2 is 1.92 bits per heavy atom. The van der Waals surface area contributed by atoms with Crippen molar-refractivity contribution in [3.63, 3.8) is 0 Å². The molecule has 0 fully saturated rings. The van der Waals surface area contributed by atoms with Gasteiger partial charge in [0.05, 0.1) is 0 Å². The van der Waals surface area contributed by atoms with Gasteiger partial charge in [0, 0.05) is 6.92 Å². The van der Waals surface area contributed by atoms with Crippen molar-refractivity contribution in [2.45, 2.75) is 33.0 Å². The molecule has 13 heavy (non-hydrogen) atoms. The highest BCUT2D eigenvalue weighted by molar-refractivity contribution is 7.52. The molecule has 3 N–H and O–H groups in total. The second kappa shape index (κ2) is 4.74. The molecule has 0 unspecified atom stereocenters. The molecule has 0 spiro atoms. The van der Waals surface area contributed by atoms with E-state index in [1.807, 2.05) is 13.8 Å². The molecule has 0 rings (SSSR count). The maximum absolute atomic E-state index is 10.9. The average Bonchev–Trinajstić information content (AvgIpc) is 1.81. The van der Waals surface area contributed by atoms with Crippen LogP contribution in [0.25, 0.3) is 0 Å². The fourth-order valence-electron chi connectivity index (χ4n) is 0.961. The lowest BCUT2D eigenvalue weighted by atomic mass is 10.1. The van der Waals surface area contributed by atoms with Gasteiger partial charge in [-0.3, -0.25) is 9.36 Å². The maximum atomic E-state index is 10.9. The van der Waals surface area contributed by atoms with Gasteiger partial charge in [0.15, 0.2) is 0 Å². The first kappa shape index (κ1) is 12.6. The molecule has 0 saturated carbocycles. The molecule has 0 aliphatic heterocycles. The van der Waals surface area contributed by atoms with Crippen LogP contribution in [0.4, 0.5) is 0 Å². The second-order valence-corrected chi connectivity index (χ2v) is 5.24. The summed E-state index contributed by atoms with van der Waals surface area (Å²) in [6, 6.07) is 0. The summed E-state index contributed by atoms with van der Waals surface area (Å²) in [5.41, 5.74) is 0. The van der Waals surface area contributed by atoms with Crippen molar-refractivity contribution in [1.82, 2.24) is 5.32 Å². The normalized spacial score (nSPS) is 14.3. The molecule has 1 amide bonds. The van der Waals surface area contributed by atoms with Crippen molar-refractivity contribution in [3.05, 3.63) is 0 Å². The molecule has 0 aromatic heterocycles. The van der Waals surface area contributed by atoms with Crippen LogP contribution in [0.5, 0.6) is 0 Å². The van der Waals surface area contributed by atoms with Gasteiger partial charge in [0.25, 0.3) is 0 Å². The first-order valence-corrected chi connectivity index (χ1v) is 5.74. The van der Waals surface area contributed by atoms with Gasteiger partial charge in [-0.1, -0.05) is 13.8 Å². The Balaban J connectivity index is 4.38. The summed E-state index contributed by atoms with van der Waals surface area (Å²) in [6.45, 7) is 4.91. The van der Waals surface area contributed by atoms with Gasteiger partial charge in [-0.05, 0) is 12.3 Å². The lowest BCUT2D eigenvalue weighted by Crippen LogP contribution is -2.33. The van der Waals surface area contributed by atoms with Gasteiger partial charge in [0.2, 0.25) is 5.91 Å². The molecular weight excluding hydrogens is 193 g/mol. The molecule has 0 aromatic carbocycles. The van der Waals surface area contributed by atoms with Gasteiger partial charge in [-0.15, -0.1) is 0 Å². The van der Waals surface area contributed by atoms with Crippen LogP contribution in [0.15, 0.2) is 0 Å². The largest absolute Gasteiger partial charge is 0.347 e. The molecule has 0 aromatic rings. The highest BCUT2D eigenvalue weighted by Crippen LogP contribution is 2.42. The monoisotopic (exact) mass is 209 g/mol. The Hall–Kier alpha value is -0.380. The van der Waals surface area contributed by atoms with Crippen molar-refractivity contribution >= 4 is 13.5 Å². The van der Waals surface area contributed by atoms with Crippen LogP contribution < -0.4 is 5.32 Å². The summed E-state index contributed by atoms with van der Waals surface area (Å²) in [5, 5.41) is 2.25.